The van der Waals surface area contributed by atoms with Crippen molar-refractivity contribution < 1.29 is 9.53 Å². The molecule has 0 aromatic heterocycles. The molecule has 1 atom stereocenters. The minimum atomic E-state index is 0. The van der Waals surface area contributed by atoms with Gasteiger partial charge in [-0.3, -0.25) is 9.69 Å². The van der Waals surface area contributed by atoms with Gasteiger partial charge in [0.1, 0.15) is 5.75 Å². The van der Waals surface area contributed by atoms with Gasteiger partial charge in [0.2, 0.25) is 5.91 Å². The number of halogens is 2. The van der Waals surface area contributed by atoms with Crippen LogP contribution in [-0.4, -0.2) is 61.6 Å². The SMILES string of the molecule is COc1ccc(Cl)cc1CN1CCN(C(=O)C2CCCN2)CC1.Cl. The zero-order valence-corrected chi connectivity index (χ0v) is 15.5. The maximum absolute atomic E-state index is 12.4. The number of carbonyl (C=O) groups excluding carboxylic acids is 1. The standard InChI is InChI=1S/C17H24ClN3O2.ClH/c1-23-16-5-4-14(18)11-13(16)12-20-7-9-21(10-8-20)17(22)15-3-2-6-19-15;/h4-5,11,15,19H,2-3,6-10,12H2,1H3;1H. The number of nitrogens with one attached hydrogen (secondary N) is 1. The van der Waals surface area contributed by atoms with Gasteiger partial charge >= 0.3 is 0 Å². The van der Waals surface area contributed by atoms with E-state index in [1.807, 2.05) is 23.1 Å². The van der Waals surface area contributed by atoms with Crippen LogP contribution in [0.25, 0.3) is 0 Å². The summed E-state index contributed by atoms with van der Waals surface area (Å²) in [5.74, 6) is 1.13. The fourth-order valence-corrected chi connectivity index (χ4v) is 3.55. The van der Waals surface area contributed by atoms with Crippen LogP contribution in [0, 0.1) is 0 Å². The van der Waals surface area contributed by atoms with Crippen molar-refractivity contribution in [1.29, 1.82) is 0 Å². The molecule has 5 nitrogen and oxygen atoms in total. The predicted octanol–water partition coefficient (Wildman–Crippen LogP) is 2.17. The van der Waals surface area contributed by atoms with Crippen LogP contribution in [0.3, 0.4) is 0 Å². The highest BCUT2D eigenvalue weighted by Gasteiger charge is 2.29. The van der Waals surface area contributed by atoms with Crippen molar-refractivity contribution in [2.75, 3.05) is 39.8 Å². The summed E-state index contributed by atoms with van der Waals surface area (Å²) in [4.78, 5) is 16.8. The molecule has 134 valence electrons. The summed E-state index contributed by atoms with van der Waals surface area (Å²) < 4.78 is 5.41. The third kappa shape index (κ3) is 4.54. The second-order valence-electron chi connectivity index (χ2n) is 6.21. The number of benzene rings is 1. The number of ether oxygens (including phenoxy) is 1. The summed E-state index contributed by atoms with van der Waals surface area (Å²) in [6.45, 7) is 5.11. The van der Waals surface area contributed by atoms with Crippen molar-refractivity contribution in [3.05, 3.63) is 28.8 Å². The van der Waals surface area contributed by atoms with Crippen LogP contribution in [0.5, 0.6) is 5.75 Å². The van der Waals surface area contributed by atoms with Gasteiger partial charge in [-0.05, 0) is 37.6 Å². The number of rotatable bonds is 4. The molecule has 0 aliphatic carbocycles. The molecule has 2 aliphatic rings. The number of amides is 1. The monoisotopic (exact) mass is 373 g/mol. The van der Waals surface area contributed by atoms with E-state index in [0.717, 1.165) is 68.4 Å². The average Bonchev–Trinajstić information content (AvgIpc) is 3.10. The van der Waals surface area contributed by atoms with Crippen molar-refractivity contribution in [1.82, 2.24) is 15.1 Å². The van der Waals surface area contributed by atoms with E-state index in [9.17, 15) is 4.79 Å². The van der Waals surface area contributed by atoms with Crippen molar-refractivity contribution >= 4 is 29.9 Å². The van der Waals surface area contributed by atoms with E-state index >= 15 is 0 Å². The zero-order chi connectivity index (χ0) is 16.2. The molecule has 0 saturated carbocycles. The Bertz CT molecular complexity index is 557. The third-order valence-electron chi connectivity index (χ3n) is 4.68. The largest absolute Gasteiger partial charge is 0.496 e. The average molecular weight is 374 g/mol. The van der Waals surface area contributed by atoms with E-state index in [0.29, 0.717) is 0 Å². The van der Waals surface area contributed by atoms with Gasteiger partial charge in [-0.1, -0.05) is 11.6 Å². The third-order valence-corrected chi connectivity index (χ3v) is 4.91. The van der Waals surface area contributed by atoms with Gasteiger partial charge in [-0.25, -0.2) is 0 Å². The minimum absolute atomic E-state index is 0. The van der Waals surface area contributed by atoms with Gasteiger partial charge < -0.3 is 15.0 Å². The van der Waals surface area contributed by atoms with Crippen LogP contribution < -0.4 is 10.1 Å². The first-order valence-corrected chi connectivity index (χ1v) is 8.62. The molecular formula is C17H25Cl2N3O2. The molecule has 1 amide bonds. The van der Waals surface area contributed by atoms with Crippen molar-refractivity contribution in [2.45, 2.75) is 25.4 Å². The Labute approximate surface area is 154 Å². The maximum Gasteiger partial charge on any atom is 0.239 e. The smallest absolute Gasteiger partial charge is 0.239 e. The van der Waals surface area contributed by atoms with Crippen molar-refractivity contribution in [3.8, 4) is 5.75 Å². The first-order chi connectivity index (χ1) is 11.2. The number of piperazine rings is 1. The molecule has 2 heterocycles. The first-order valence-electron chi connectivity index (χ1n) is 8.24. The van der Waals surface area contributed by atoms with Crippen LogP contribution >= 0.6 is 24.0 Å². The summed E-state index contributed by atoms with van der Waals surface area (Å²) in [6, 6.07) is 5.74. The Morgan fingerprint density at radius 2 is 2.08 bits per heavy atom. The molecule has 2 aliphatic heterocycles. The molecule has 1 aromatic carbocycles. The molecule has 0 bridgehead atoms. The van der Waals surface area contributed by atoms with Crippen LogP contribution in [0.1, 0.15) is 18.4 Å². The van der Waals surface area contributed by atoms with Crippen molar-refractivity contribution in [3.63, 3.8) is 0 Å². The highest BCUT2D eigenvalue weighted by molar-refractivity contribution is 6.30. The molecular weight excluding hydrogens is 349 g/mol. The highest BCUT2D eigenvalue weighted by atomic mass is 35.5. The first kappa shape index (κ1) is 19.3. The number of hydrogen-bond acceptors (Lipinski definition) is 4. The number of carbonyl (C=O) groups is 1. The second-order valence-corrected chi connectivity index (χ2v) is 6.64. The normalized spacial score (nSPS) is 21.4. The van der Waals surface area contributed by atoms with Crippen molar-refractivity contribution in [2.24, 2.45) is 0 Å². The molecule has 24 heavy (non-hydrogen) atoms. The molecule has 2 fully saturated rings. The van der Waals surface area contributed by atoms with E-state index in [1.54, 1.807) is 7.11 Å². The van der Waals surface area contributed by atoms with E-state index in [4.69, 9.17) is 16.3 Å². The Hall–Kier alpha value is -1.01. The topological polar surface area (TPSA) is 44.8 Å². The molecule has 1 N–H and O–H groups in total. The molecule has 1 unspecified atom stereocenters. The van der Waals surface area contributed by atoms with Crippen LogP contribution in [0.15, 0.2) is 18.2 Å². The van der Waals surface area contributed by atoms with Crippen LogP contribution in [0.2, 0.25) is 5.02 Å². The van der Waals surface area contributed by atoms with Gasteiger partial charge in [0.05, 0.1) is 13.2 Å². The number of nitrogens with zero attached hydrogens (tertiary/aromatic N) is 2. The molecule has 1 aromatic rings. The summed E-state index contributed by atoms with van der Waals surface area (Å²) in [5.41, 5.74) is 1.09. The Morgan fingerprint density at radius 1 is 1.33 bits per heavy atom. The minimum Gasteiger partial charge on any atom is -0.496 e. The lowest BCUT2D eigenvalue weighted by molar-refractivity contribution is -0.134. The Kier molecular flexibility index (Phi) is 7.16. The van der Waals surface area contributed by atoms with E-state index in [-0.39, 0.29) is 24.4 Å². The predicted molar refractivity (Wildman–Crippen MR) is 98.1 cm³/mol. The molecule has 7 heteroatoms. The lowest BCUT2D eigenvalue weighted by Crippen LogP contribution is -2.52. The van der Waals surface area contributed by atoms with Gasteiger partial charge in [-0.2, -0.15) is 0 Å². The van der Waals surface area contributed by atoms with Crippen LogP contribution in [-0.2, 0) is 11.3 Å². The summed E-state index contributed by atoms with van der Waals surface area (Å²) in [6.07, 6.45) is 2.07. The van der Waals surface area contributed by atoms with Gasteiger partial charge in [0, 0.05) is 43.3 Å². The Balaban J connectivity index is 0.00000208. The fraction of sp³-hybridized carbons (Fsp3) is 0.588. The highest BCUT2D eigenvalue weighted by Crippen LogP contribution is 2.24. The van der Waals surface area contributed by atoms with Gasteiger partial charge in [0.15, 0.2) is 0 Å². The molecule has 0 spiro atoms. The second kappa shape index (κ2) is 8.90. The van der Waals surface area contributed by atoms with E-state index < -0.39 is 0 Å². The van der Waals surface area contributed by atoms with Gasteiger partial charge in [0.25, 0.3) is 0 Å². The quantitative estimate of drug-likeness (QED) is 0.878. The van der Waals surface area contributed by atoms with E-state index in [1.165, 1.54) is 0 Å². The maximum atomic E-state index is 12.4. The Morgan fingerprint density at radius 3 is 2.71 bits per heavy atom. The molecule has 3 rings (SSSR count). The zero-order valence-electron chi connectivity index (χ0n) is 14.0. The number of methoxy groups -OCH3 is 1. The molecule has 2 saturated heterocycles. The fourth-order valence-electron chi connectivity index (χ4n) is 3.35. The lowest BCUT2D eigenvalue weighted by Gasteiger charge is -2.36. The molecule has 0 radical (unpaired) electrons. The lowest BCUT2D eigenvalue weighted by atomic mass is 10.1. The summed E-state index contributed by atoms with van der Waals surface area (Å²) in [5, 5.41) is 4.01. The summed E-state index contributed by atoms with van der Waals surface area (Å²) >= 11 is 6.09. The van der Waals surface area contributed by atoms with Gasteiger partial charge in [-0.15, -0.1) is 12.4 Å². The van der Waals surface area contributed by atoms with E-state index in [2.05, 4.69) is 10.2 Å². The summed E-state index contributed by atoms with van der Waals surface area (Å²) in [7, 11) is 1.68. The van der Waals surface area contributed by atoms with Crippen LogP contribution in [0.4, 0.5) is 0 Å². The number of hydrogen-bond donors (Lipinski definition) is 1.